The Morgan fingerprint density at radius 1 is 1.12 bits per heavy atom. The van der Waals surface area contributed by atoms with Crippen molar-refractivity contribution in [2.45, 2.75) is 6.42 Å². The molecular formula is C20H16F3N3. The normalized spacial score (nSPS) is 11.2. The quantitative estimate of drug-likeness (QED) is 0.664. The highest BCUT2D eigenvalue weighted by Gasteiger charge is 2.10. The molecule has 2 aromatic carbocycles. The number of hydrogen-bond acceptors (Lipinski definition) is 2. The van der Waals surface area contributed by atoms with Gasteiger partial charge < -0.3 is 5.41 Å². The first-order valence-corrected chi connectivity index (χ1v) is 7.92. The van der Waals surface area contributed by atoms with E-state index in [0.29, 0.717) is 22.3 Å². The lowest BCUT2D eigenvalue weighted by Crippen LogP contribution is -1.97. The van der Waals surface area contributed by atoms with Gasteiger partial charge in [0.15, 0.2) is 0 Å². The summed E-state index contributed by atoms with van der Waals surface area (Å²) in [7, 11) is 1.74. The second-order valence-corrected chi connectivity index (χ2v) is 5.85. The number of aryl methyl sites for hydroxylation is 1. The number of nitrogens with one attached hydrogen (secondary N) is 1. The number of hydrogen-bond donors (Lipinski definition) is 1. The summed E-state index contributed by atoms with van der Waals surface area (Å²) in [6, 6.07) is 7.79. The first kappa shape index (κ1) is 17.7. The zero-order valence-corrected chi connectivity index (χ0v) is 14.0. The zero-order chi connectivity index (χ0) is 18.7. The largest absolute Gasteiger partial charge is 0.300 e. The lowest BCUT2D eigenvalue weighted by molar-refractivity contribution is 0.575. The fourth-order valence-corrected chi connectivity index (χ4v) is 2.56. The average Bonchev–Trinajstić information content (AvgIpc) is 3.03. The van der Waals surface area contributed by atoms with Gasteiger partial charge in [-0.15, -0.1) is 0 Å². The highest BCUT2D eigenvalue weighted by atomic mass is 19.1. The third-order valence-electron chi connectivity index (χ3n) is 3.93. The van der Waals surface area contributed by atoms with Crippen LogP contribution in [0.25, 0.3) is 11.1 Å². The summed E-state index contributed by atoms with van der Waals surface area (Å²) in [5.41, 5.74) is 2.01. The first-order chi connectivity index (χ1) is 12.4. The van der Waals surface area contributed by atoms with Crippen LogP contribution in [0.4, 0.5) is 13.2 Å². The molecule has 6 heteroatoms. The Kier molecular flexibility index (Phi) is 5.02. The van der Waals surface area contributed by atoms with E-state index in [9.17, 15) is 13.2 Å². The molecule has 0 aliphatic rings. The van der Waals surface area contributed by atoms with Gasteiger partial charge in [0.2, 0.25) is 0 Å². The summed E-state index contributed by atoms with van der Waals surface area (Å²) >= 11 is 0. The first-order valence-electron chi connectivity index (χ1n) is 7.92. The summed E-state index contributed by atoms with van der Waals surface area (Å²) in [6.07, 6.45) is 6.61. The maximum atomic E-state index is 14.1. The molecule has 0 aliphatic carbocycles. The molecule has 3 nitrogen and oxygen atoms in total. The fourth-order valence-electron chi connectivity index (χ4n) is 2.56. The van der Waals surface area contributed by atoms with E-state index in [1.54, 1.807) is 36.3 Å². The molecule has 0 fully saturated rings. The van der Waals surface area contributed by atoms with Gasteiger partial charge in [-0.05, 0) is 42.3 Å². The smallest absolute Gasteiger partial charge is 0.131 e. The van der Waals surface area contributed by atoms with Crippen LogP contribution in [-0.4, -0.2) is 15.5 Å². The van der Waals surface area contributed by atoms with Crippen LogP contribution in [-0.2, 0) is 13.5 Å². The van der Waals surface area contributed by atoms with Gasteiger partial charge in [-0.1, -0.05) is 12.1 Å². The molecule has 0 radical (unpaired) electrons. The number of benzene rings is 2. The Labute approximate surface area is 148 Å². The number of allylic oxidation sites excluding steroid dienone is 2. The van der Waals surface area contributed by atoms with Gasteiger partial charge >= 0.3 is 0 Å². The Morgan fingerprint density at radius 2 is 1.92 bits per heavy atom. The standard InChI is InChI=1S/C20H16F3N3/c1-26-12-15(11-25-26)17-9-14(6-8-18(17)22)20(24)4-2-3-13-5-7-16(21)10-19(13)23/h2,4-12,24H,3H2,1H3. The molecule has 0 spiro atoms. The minimum Gasteiger partial charge on any atom is -0.300 e. The number of nitrogens with zero attached hydrogens (tertiary/aromatic N) is 2. The molecule has 0 saturated heterocycles. The van der Waals surface area contributed by atoms with Crippen LogP contribution in [0.2, 0.25) is 0 Å². The van der Waals surface area contributed by atoms with E-state index in [2.05, 4.69) is 5.10 Å². The van der Waals surface area contributed by atoms with Crippen LogP contribution >= 0.6 is 0 Å². The lowest BCUT2D eigenvalue weighted by Gasteiger charge is -2.05. The van der Waals surface area contributed by atoms with Gasteiger partial charge in [0.25, 0.3) is 0 Å². The molecule has 132 valence electrons. The van der Waals surface area contributed by atoms with E-state index in [-0.39, 0.29) is 12.1 Å². The summed E-state index contributed by atoms with van der Waals surface area (Å²) in [5.74, 6) is -1.65. The van der Waals surface area contributed by atoms with E-state index in [1.807, 2.05) is 0 Å². The number of aromatic nitrogens is 2. The highest BCUT2D eigenvalue weighted by Crippen LogP contribution is 2.24. The van der Waals surface area contributed by atoms with Crippen LogP contribution in [0.5, 0.6) is 0 Å². The molecule has 0 amide bonds. The topological polar surface area (TPSA) is 41.7 Å². The Hall–Kier alpha value is -3.15. The molecule has 1 aromatic heterocycles. The minimum atomic E-state index is -0.628. The van der Waals surface area contributed by atoms with Crippen LogP contribution in [0.3, 0.4) is 0 Å². The van der Waals surface area contributed by atoms with Crippen LogP contribution in [0.1, 0.15) is 11.1 Å². The van der Waals surface area contributed by atoms with Crippen molar-refractivity contribution in [3.8, 4) is 11.1 Å². The Bertz CT molecular complexity index is 990. The summed E-state index contributed by atoms with van der Waals surface area (Å²) in [5, 5.41) is 12.2. The summed E-state index contributed by atoms with van der Waals surface area (Å²) in [6.45, 7) is 0. The second kappa shape index (κ2) is 7.39. The van der Waals surface area contributed by atoms with Crippen molar-refractivity contribution < 1.29 is 13.2 Å². The van der Waals surface area contributed by atoms with E-state index in [0.717, 1.165) is 6.07 Å². The Balaban J connectivity index is 1.77. The van der Waals surface area contributed by atoms with E-state index in [1.165, 1.54) is 30.3 Å². The van der Waals surface area contributed by atoms with Gasteiger partial charge in [0.1, 0.15) is 17.5 Å². The molecular weight excluding hydrogens is 339 g/mol. The number of rotatable bonds is 5. The number of halogens is 3. The molecule has 0 unspecified atom stereocenters. The fraction of sp³-hybridized carbons (Fsp3) is 0.100. The predicted molar refractivity (Wildman–Crippen MR) is 94.6 cm³/mol. The monoisotopic (exact) mass is 355 g/mol. The van der Waals surface area contributed by atoms with Crippen LogP contribution in [0.15, 0.2) is 60.9 Å². The molecule has 3 rings (SSSR count). The average molecular weight is 355 g/mol. The maximum absolute atomic E-state index is 14.1. The molecule has 0 bridgehead atoms. The van der Waals surface area contributed by atoms with E-state index in [4.69, 9.17) is 5.41 Å². The highest BCUT2D eigenvalue weighted by molar-refractivity contribution is 6.07. The van der Waals surface area contributed by atoms with Crippen LogP contribution in [0, 0.1) is 22.9 Å². The maximum Gasteiger partial charge on any atom is 0.131 e. The Morgan fingerprint density at radius 3 is 2.62 bits per heavy atom. The van der Waals surface area contributed by atoms with Crippen molar-refractivity contribution in [1.29, 1.82) is 5.41 Å². The van der Waals surface area contributed by atoms with Gasteiger partial charge in [-0.25, -0.2) is 13.2 Å². The molecule has 3 aromatic rings. The third kappa shape index (κ3) is 3.91. The zero-order valence-electron chi connectivity index (χ0n) is 14.0. The minimum absolute atomic E-state index is 0.165. The van der Waals surface area contributed by atoms with Crippen molar-refractivity contribution >= 4 is 5.71 Å². The van der Waals surface area contributed by atoms with Crippen molar-refractivity contribution in [1.82, 2.24) is 9.78 Å². The third-order valence-corrected chi connectivity index (χ3v) is 3.93. The van der Waals surface area contributed by atoms with Gasteiger partial charge in [0.05, 0.1) is 11.9 Å². The van der Waals surface area contributed by atoms with Gasteiger partial charge in [-0.3, -0.25) is 4.68 Å². The molecule has 1 heterocycles. The summed E-state index contributed by atoms with van der Waals surface area (Å²) < 4.78 is 42.2. The van der Waals surface area contributed by atoms with Gasteiger partial charge in [0, 0.05) is 36.0 Å². The molecule has 0 atom stereocenters. The SMILES string of the molecule is Cn1cc(-c2cc(C(=N)C=CCc3ccc(F)cc3F)ccc2F)cn1. The predicted octanol–water partition coefficient (Wildman–Crippen LogP) is 4.67. The van der Waals surface area contributed by atoms with E-state index < -0.39 is 17.5 Å². The molecule has 26 heavy (non-hydrogen) atoms. The molecule has 0 aliphatic heterocycles. The van der Waals surface area contributed by atoms with Crippen molar-refractivity contribution in [2.24, 2.45) is 7.05 Å². The van der Waals surface area contributed by atoms with Crippen molar-refractivity contribution in [2.75, 3.05) is 0 Å². The second-order valence-electron chi connectivity index (χ2n) is 5.85. The van der Waals surface area contributed by atoms with Crippen molar-refractivity contribution in [3.63, 3.8) is 0 Å². The van der Waals surface area contributed by atoms with Crippen molar-refractivity contribution in [3.05, 3.63) is 89.5 Å². The summed E-state index contributed by atoms with van der Waals surface area (Å²) in [4.78, 5) is 0. The van der Waals surface area contributed by atoms with Gasteiger partial charge in [-0.2, -0.15) is 5.10 Å². The van der Waals surface area contributed by atoms with E-state index >= 15 is 0 Å². The van der Waals surface area contributed by atoms with Crippen LogP contribution < -0.4 is 0 Å². The molecule has 0 saturated carbocycles. The lowest BCUT2D eigenvalue weighted by atomic mass is 10.0. The molecule has 1 N–H and O–H groups in total.